The van der Waals surface area contributed by atoms with Crippen LogP contribution in [0.5, 0.6) is 0 Å². The highest BCUT2D eigenvalue weighted by atomic mass is 19.1. The fraction of sp³-hybridized carbons (Fsp3) is 0.556. The molecule has 0 radical (unpaired) electrons. The van der Waals surface area contributed by atoms with Crippen molar-refractivity contribution in [1.82, 2.24) is 10.2 Å². The van der Waals surface area contributed by atoms with Gasteiger partial charge in [0.1, 0.15) is 11.6 Å². The number of likely N-dealkylation sites (tertiary alicyclic amines) is 1. The molecule has 0 saturated carbocycles. The molecule has 0 spiro atoms. The first-order valence-electron chi connectivity index (χ1n) is 8.53. The molecular formula is C18H25F2N3O2. The monoisotopic (exact) mass is 353 g/mol. The molecule has 3 N–H and O–H groups in total. The van der Waals surface area contributed by atoms with Crippen molar-refractivity contribution in [3.05, 3.63) is 35.4 Å². The first-order chi connectivity index (χ1) is 11.8. The summed E-state index contributed by atoms with van der Waals surface area (Å²) in [6.07, 6.45) is 1.63. The van der Waals surface area contributed by atoms with Crippen LogP contribution in [0.1, 0.15) is 44.7 Å². The molecule has 1 aliphatic rings. The molecule has 3 atom stereocenters. The minimum atomic E-state index is -0.844. The number of carbonyl (C=O) groups is 2. The topological polar surface area (TPSA) is 75.4 Å². The Balaban J connectivity index is 2.18. The van der Waals surface area contributed by atoms with Gasteiger partial charge in [-0.25, -0.2) is 8.78 Å². The van der Waals surface area contributed by atoms with Gasteiger partial charge < -0.3 is 16.0 Å². The molecule has 1 aromatic rings. The SMILES string of the molecule is CC(=O)NC(CC(=O)N1CCC(C)CC1CN)c1ccc(F)cc1F. The van der Waals surface area contributed by atoms with Crippen LogP contribution in [-0.2, 0) is 9.59 Å². The van der Waals surface area contributed by atoms with Crippen molar-refractivity contribution in [1.29, 1.82) is 0 Å². The number of nitrogens with zero attached hydrogens (tertiary/aromatic N) is 1. The predicted octanol–water partition coefficient (Wildman–Crippen LogP) is 2.12. The van der Waals surface area contributed by atoms with E-state index in [1.54, 1.807) is 4.90 Å². The fourth-order valence-electron chi connectivity index (χ4n) is 3.36. The van der Waals surface area contributed by atoms with Crippen LogP contribution in [0.15, 0.2) is 18.2 Å². The van der Waals surface area contributed by atoms with E-state index in [1.807, 2.05) is 0 Å². The minimum absolute atomic E-state index is 0.0488. The number of hydrogen-bond acceptors (Lipinski definition) is 3. The molecular weight excluding hydrogens is 328 g/mol. The summed E-state index contributed by atoms with van der Waals surface area (Å²) in [5.41, 5.74) is 5.89. The highest BCUT2D eigenvalue weighted by Gasteiger charge is 2.31. The van der Waals surface area contributed by atoms with E-state index in [2.05, 4.69) is 12.2 Å². The van der Waals surface area contributed by atoms with Gasteiger partial charge in [0, 0.05) is 37.7 Å². The Morgan fingerprint density at radius 3 is 2.72 bits per heavy atom. The van der Waals surface area contributed by atoms with Crippen LogP contribution in [0.25, 0.3) is 0 Å². The molecule has 1 heterocycles. The van der Waals surface area contributed by atoms with Crippen molar-refractivity contribution in [2.75, 3.05) is 13.1 Å². The number of piperidine rings is 1. The van der Waals surface area contributed by atoms with Gasteiger partial charge >= 0.3 is 0 Å². The molecule has 2 rings (SSSR count). The third kappa shape index (κ3) is 4.98. The predicted molar refractivity (Wildman–Crippen MR) is 90.5 cm³/mol. The lowest BCUT2D eigenvalue weighted by atomic mass is 9.91. The molecule has 0 aromatic heterocycles. The van der Waals surface area contributed by atoms with Gasteiger partial charge in [0.2, 0.25) is 11.8 Å². The normalized spacial score (nSPS) is 21.7. The summed E-state index contributed by atoms with van der Waals surface area (Å²) in [6, 6.07) is 2.23. The summed E-state index contributed by atoms with van der Waals surface area (Å²) in [6.45, 7) is 4.38. The summed E-state index contributed by atoms with van der Waals surface area (Å²) in [5, 5.41) is 2.59. The number of rotatable bonds is 5. The Labute approximate surface area is 146 Å². The molecule has 1 saturated heterocycles. The van der Waals surface area contributed by atoms with Gasteiger partial charge in [-0.1, -0.05) is 13.0 Å². The minimum Gasteiger partial charge on any atom is -0.349 e. The van der Waals surface area contributed by atoms with Gasteiger partial charge in [-0.05, 0) is 24.8 Å². The van der Waals surface area contributed by atoms with Crippen LogP contribution in [0.3, 0.4) is 0 Å². The van der Waals surface area contributed by atoms with E-state index in [-0.39, 0.29) is 29.8 Å². The molecule has 0 aliphatic carbocycles. The van der Waals surface area contributed by atoms with Crippen LogP contribution in [-0.4, -0.2) is 35.8 Å². The number of nitrogens with one attached hydrogen (secondary N) is 1. The lowest BCUT2D eigenvalue weighted by Gasteiger charge is -2.38. The molecule has 2 amide bonds. The second-order valence-electron chi connectivity index (χ2n) is 6.73. The van der Waals surface area contributed by atoms with E-state index in [9.17, 15) is 18.4 Å². The number of nitrogens with two attached hydrogens (primary N) is 1. The highest BCUT2D eigenvalue weighted by Crippen LogP contribution is 2.26. The van der Waals surface area contributed by atoms with Crippen molar-refractivity contribution in [3.8, 4) is 0 Å². The number of hydrogen-bond donors (Lipinski definition) is 2. The average Bonchev–Trinajstić information content (AvgIpc) is 2.53. The van der Waals surface area contributed by atoms with Crippen molar-refractivity contribution in [2.24, 2.45) is 11.7 Å². The van der Waals surface area contributed by atoms with Crippen molar-refractivity contribution in [3.63, 3.8) is 0 Å². The quantitative estimate of drug-likeness (QED) is 0.851. The molecule has 3 unspecified atom stereocenters. The van der Waals surface area contributed by atoms with Crippen molar-refractivity contribution < 1.29 is 18.4 Å². The van der Waals surface area contributed by atoms with Gasteiger partial charge in [0.25, 0.3) is 0 Å². The van der Waals surface area contributed by atoms with Crippen LogP contribution in [0.4, 0.5) is 8.78 Å². The second-order valence-corrected chi connectivity index (χ2v) is 6.73. The molecule has 1 fully saturated rings. The van der Waals surface area contributed by atoms with Gasteiger partial charge in [-0.2, -0.15) is 0 Å². The molecule has 25 heavy (non-hydrogen) atoms. The molecule has 0 bridgehead atoms. The van der Waals surface area contributed by atoms with E-state index in [1.165, 1.54) is 13.0 Å². The summed E-state index contributed by atoms with van der Waals surface area (Å²) in [5.74, 6) is -1.57. The first-order valence-corrected chi connectivity index (χ1v) is 8.53. The maximum absolute atomic E-state index is 14.1. The van der Waals surface area contributed by atoms with Gasteiger partial charge in [0.15, 0.2) is 0 Å². The molecule has 7 heteroatoms. The smallest absolute Gasteiger partial charge is 0.225 e. The number of halogens is 2. The van der Waals surface area contributed by atoms with Crippen LogP contribution in [0, 0.1) is 17.6 Å². The Morgan fingerprint density at radius 1 is 1.40 bits per heavy atom. The summed E-state index contributed by atoms with van der Waals surface area (Å²) < 4.78 is 27.2. The molecule has 5 nitrogen and oxygen atoms in total. The largest absolute Gasteiger partial charge is 0.349 e. The number of amides is 2. The molecule has 1 aromatic carbocycles. The zero-order valence-corrected chi connectivity index (χ0v) is 14.6. The Kier molecular flexibility index (Phi) is 6.47. The van der Waals surface area contributed by atoms with Crippen molar-refractivity contribution >= 4 is 11.8 Å². The summed E-state index contributed by atoms with van der Waals surface area (Å²) in [4.78, 5) is 25.9. The lowest BCUT2D eigenvalue weighted by molar-refractivity contribution is -0.136. The third-order valence-electron chi connectivity index (χ3n) is 4.66. The summed E-state index contributed by atoms with van der Waals surface area (Å²) in [7, 11) is 0. The van der Waals surface area contributed by atoms with E-state index in [0.29, 0.717) is 19.0 Å². The highest BCUT2D eigenvalue weighted by molar-refractivity contribution is 5.79. The lowest BCUT2D eigenvalue weighted by Crippen LogP contribution is -2.50. The maximum Gasteiger partial charge on any atom is 0.225 e. The van der Waals surface area contributed by atoms with E-state index in [0.717, 1.165) is 25.0 Å². The van der Waals surface area contributed by atoms with Crippen LogP contribution >= 0.6 is 0 Å². The Morgan fingerprint density at radius 2 is 2.12 bits per heavy atom. The Hall–Kier alpha value is -2.02. The third-order valence-corrected chi connectivity index (χ3v) is 4.66. The second kappa shape index (κ2) is 8.38. The van der Waals surface area contributed by atoms with Crippen LogP contribution < -0.4 is 11.1 Å². The standard InChI is InChI=1S/C18H25F2N3O2/c1-11-5-6-23(14(7-11)10-21)18(25)9-17(22-12(2)24)15-4-3-13(19)8-16(15)20/h3-4,8,11,14,17H,5-7,9-10,21H2,1-2H3,(H,22,24). The number of carbonyl (C=O) groups excluding carboxylic acids is 2. The van der Waals surface area contributed by atoms with Gasteiger partial charge in [-0.3, -0.25) is 9.59 Å². The van der Waals surface area contributed by atoms with Crippen LogP contribution in [0.2, 0.25) is 0 Å². The van der Waals surface area contributed by atoms with E-state index >= 15 is 0 Å². The zero-order chi connectivity index (χ0) is 18.6. The van der Waals surface area contributed by atoms with Gasteiger partial charge in [0.05, 0.1) is 12.5 Å². The van der Waals surface area contributed by atoms with E-state index < -0.39 is 17.7 Å². The van der Waals surface area contributed by atoms with Gasteiger partial charge in [-0.15, -0.1) is 0 Å². The van der Waals surface area contributed by atoms with E-state index in [4.69, 9.17) is 5.73 Å². The van der Waals surface area contributed by atoms with Crippen molar-refractivity contribution in [2.45, 2.75) is 45.2 Å². The zero-order valence-electron chi connectivity index (χ0n) is 14.6. The summed E-state index contributed by atoms with van der Waals surface area (Å²) >= 11 is 0. The molecule has 138 valence electrons. The fourth-order valence-corrected chi connectivity index (χ4v) is 3.36. The molecule has 1 aliphatic heterocycles. The Bertz CT molecular complexity index is 639. The maximum atomic E-state index is 14.1. The first kappa shape index (κ1) is 19.3. The average molecular weight is 353 g/mol. The number of benzene rings is 1.